The number of hydrogen-bond acceptors (Lipinski definition) is 7. The van der Waals surface area contributed by atoms with Gasteiger partial charge in [-0.25, -0.2) is 4.98 Å². The van der Waals surface area contributed by atoms with Gasteiger partial charge in [0.15, 0.2) is 0 Å². The van der Waals surface area contributed by atoms with Crippen molar-refractivity contribution in [2.45, 2.75) is 6.92 Å². The molecule has 5 rings (SSSR count). The normalized spacial score (nSPS) is 13.7. The Kier molecular flexibility index (Phi) is 6.51. The van der Waals surface area contributed by atoms with Crippen molar-refractivity contribution in [2.24, 2.45) is 0 Å². The molecular weight excluding hydrogens is 462 g/mol. The number of aryl methyl sites for hydroxylation is 1. The molecule has 1 aliphatic heterocycles. The van der Waals surface area contributed by atoms with Crippen LogP contribution in [0.15, 0.2) is 60.8 Å². The molecule has 2 aromatic carbocycles. The van der Waals surface area contributed by atoms with Crippen LogP contribution in [0.5, 0.6) is 11.5 Å². The Morgan fingerprint density at radius 1 is 0.857 bits per heavy atom. The van der Waals surface area contributed by atoms with Crippen molar-refractivity contribution in [2.75, 3.05) is 55.5 Å². The number of fused-ring (bicyclic) bond motifs is 1. The number of benzene rings is 2. The summed E-state index contributed by atoms with van der Waals surface area (Å²) in [4.78, 5) is 14.0. The van der Waals surface area contributed by atoms with Crippen LogP contribution < -0.4 is 24.6 Å². The van der Waals surface area contributed by atoms with Crippen LogP contribution >= 0.6 is 11.6 Å². The van der Waals surface area contributed by atoms with Crippen LogP contribution in [0.2, 0.25) is 5.02 Å². The SMILES string of the molecule is COc1cc(Nc2cc(N3CCN(c4ccnc5cc(Cl)ccc45)CC3)cc(C)n2)cc(OC)c1. The molecule has 7 nitrogen and oxygen atoms in total. The van der Waals surface area contributed by atoms with Crippen molar-refractivity contribution in [1.82, 2.24) is 9.97 Å². The first-order chi connectivity index (χ1) is 17.0. The number of rotatable bonds is 6. The second-order valence-corrected chi connectivity index (χ2v) is 8.98. The van der Waals surface area contributed by atoms with Gasteiger partial charge in [0.05, 0.1) is 19.7 Å². The standard InChI is InChI=1S/C27H28ClN5O2/c1-18-12-21(16-27(30-18)31-20-14-22(34-2)17-23(15-20)35-3)32-8-10-33(11-9-32)26-6-7-29-25-13-19(28)4-5-24(25)26/h4-7,12-17H,8-11H2,1-3H3,(H,30,31). The van der Waals surface area contributed by atoms with E-state index in [9.17, 15) is 0 Å². The van der Waals surface area contributed by atoms with Crippen LogP contribution in [-0.4, -0.2) is 50.4 Å². The number of anilines is 4. The summed E-state index contributed by atoms with van der Waals surface area (Å²) < 4.78 is 10.8. The number of methoxy groups -OCH3 is 2. The first kappa shape index (κ1) is 23.1. The summed E-state index contributed by atoms with van der Waals surface area (Å²) in [7, 11) is 3.29. The van der Waals surface area contributed by atoms with Crippen LogP contribution in [0, 0.1) is 6.92 Å². The van der Waals surface area contributed by atoms with Gasteiger partial charge in [-0.05, 0) is 37.3 Å². The lowest BCUT2D eigenvalue weighted by molar-refractivity contribution is 0.395. The maximum Gasteiger partial charge on any atom is 0.132 e. The molecule has 0 spiro atoms. The lowest BCUT2D eigenvalue weighted by Gasteiger charge is -2.38. The largest absolute Gasteiger partial charge is 0.497 e. The molecule has 180 valence electrons. The molecule has 35 heavy (non-hydrogen) atoms. The molecule has 1 aliphatic rings. The van der Waals surface area contributed by atoms with Gasteiger partial charge in [-0.2, -0.15) is 0 Å². The highest BCUT2D eigenvalue weighted by molar-refractivity contribution is 6.31. The molecule has 0 bridgehead atoms. The molecule has 0 aliphatic carbocycles. The predicted molar refractivity (Wildman–Crippen MR) is 143 cm³/mol. The smallest absolute Gasteiger partial charge is 0.132 e. The molecule has 1 saturated heterocycles. The van der Waals surface area contributed by atoms with E-state index in [4.69, 9.17) is 26.1 Å². The number of pyridine rings is 2. The summed E-state index contributed by atoms with van der Waals surface area (Å²) in [6.45, 7) is 5.67. The molecular formula is C27H28ClN5O2. The lowest BCUT2D eigenvalue weighted by atomic mass is 10.1. The third kappa shape index (κ3) is 5.05. The predicted octanol–water partition coefficient (Wildman–Crippen LogP) is 5.68. The van der Waals surface area contributed by atoms with Crippen molar-refractivity contribution in [3.63, 3.8) is 0 Å². The van der Waals surface area contributed by atoms with Gasteiger partial charge < -0.3 is 24.6 Å². The van der Waals surface area contributed by atoms with Gasteiger partial charge in [0, 0.05) is 89.8 Å². The van der Waals surface area contributed by atoms with E-state index in [2.05, 4.69) is 44.4 Å². The summed E-state index contributed by atoms with van der Waals surface area (Å²) >= 11 is 6.17. The molecule has 3 heterocycles. The Bertz CT molecular complexity index is 1330. The lowest BCUT2D eigenvalue weighted by Crippen LogP contribution is -2.46. The van der Waals surface area contributed by atoms with Crippen molar-refractivity contribution in [1.29, 1.82) is 0 Å². The van der Waals surface area contributed by atoms with Crippen LogP contribution in [0.3, 0.4) is 0 Å². The van der Waals surface area contributed by atoms with E-state index in [1.54, 1.807) is 14.2 Å². The number of piperazine rings is 1. The van der Waals surface area contributed by atoms with E-state index in [1.807, 2.05) is 43.5 Å². The molecule has 0 atom stereocenters. The molecule has 1 fully saturated rings. The van der Waals surface area contributed by atoms with E-state index >= 15 is 0 Å². The number of nitrogens with zero attached hydrogens (tertiary/aromatic N) is 4. The second-order valence-electron chi connectivity index (χ2n) is 8.54. The maximum atomic E-state index is 6.17. The van der Waals surface area contributed by atoms with Gasteiger partial charge in [0.1, 0.15) is 17.3 Å². The first-order valence-electron chi connectivity index (χ1n) is 11.6. The van der Waals surface area contributed by atoms with Crippen LogP contribution in [0.25, 0.3) is 10.9 Å². The number of nitrogens with one attached hydrogen (secondary N) is 1. The number of ether oxygens (including phenoxy) is 2. The average Bonchev–Trinajstić information content (AvgIpc) is 2.87. The van der Waals surface area contributed by atoms with Crippen LogP contribution in [-0.2, 0) is 0 Å². The molecule has 2 aromatic heterocycles. The average molecular weight is 490 g/mol. The van der Waals surface area contributed by atoms with Gasteiger partial charge in [-0.3, -0.25) is 4.98 Å². The molecule has 0 saturated carbocycles. The second kappa shape index (κ2) is 9.88. The van der Waals surface area contributed by atoms with E-state index < -0.39 is 0 Å². The Hall–Kier alpha value is -3.71. The van der Waals surface area contributed by atoms with E-state index in [0.717, 1.165) is 71.5 Å². The number of hydrogen-bond donors (Lipinski definition) is 1. The van der Waals surface area contributed by atoms with E-state index in [0.29, 0.717) is 5.02 Å². The quantitative estimate of drug-likeness (QED) is 0.374. The fourth-order valence-electron chi connectivity index (χ4n) is 4.51. The van der Waals surface area contributed by atoms with Gasteiger partial charge in [-0.1, -0.05) is 11.6 Å². The summed E-state index contributed by atoms with van der Waals surface area (Å²) in [5, 5.41) is 5.24. The Labute approximate surface area is 210 Å². The fourth-order valence-corrected chi connectivity index (χ4v) is 4.68. The monoisotopic (exact) mass is 489 g/mol. The van der Waals surface area contributed by atoms with Gasteiger partial charge in [0.25, 0.3) is 0 Å². The third-order valence-electron chi connectivity index (χ3n) is 6.23. The summed E-state index contributed by atoms with van der Waals surface area (Å²) in [6, 6.07) is 17.9. The van der Waals surface area contributed by atoms with Crippen LogP contribution in [0.4, 0.5) is 22.9 Å². The minimum atomic E-state index is 0.705. The van der Waals surface area contributed by atoms with Gasteiger partial charge in [-0.15, -0.1) is 0 Å². The highest BCUT2D eigenvalue weighted by Gasteiger charge is 2.20. The van der Waals surface area contributed by atoms with E-state index in [-0.39, 0.29) is 0 Å². The van der Waals surface area contributed by atoms with Crippen molar-refractivity contribution < 1.29 is 9.47 Å². The van der Waals surface area contributed by atoms with Crippen LogP contribution in [0.1, 0.15) is 5.69 Å². The molecule has 0 radical (unpaired) electrons. The zero-order valence-corrected chi connectivity index (χ0v) is 20.8. The Morgan fingerprint density at radius 3 is 2.29 bits per heavy atom. The highest BCUT2D eigenvalue weighted by Crippen LogP contribution is 2.31. The zero-order chi connectivity index (χ0) is 24.4. The van der Waals surface area contributed by atoms with Crippen molar-refractivity contribution in [3.8, 4) is 11.5 Å². The Morgan fingerprint density at radius 2 is 1.57 bits per heavy atom. The number of aromatic nitrogens is 2. The van der Waals surface area contributed by atoms with Crippen molar-refractivity contribution >= 4 is 45.4 Å². The van der Waals surface area contributed by atoms with E-state index in [1.165, 1.54) is 5.69 Å². The van der Waals surface area contributed by atoms with Gasteiger partial charge in [0.2, 0.25) is 0 Å². The fraction of sp³-hybridized carbons (Fsp3) is 0.259. The zero-order valence-electron chi connectivity index (χ0n) is 20.1. The Balaban J connectivity index is 1.33. The minimum absolute atomic E-state index is 0.705. The first-order valence-corrected chi connectivity index (χ1v) is 11.9. The van der Waals surface area contributed by atoms with Crippen molar-refractivity contribution in [3.05, 3.63) is 71.5 Å². The summed E-state index contributed by atoms with van der Waals surface area (Å²) in [6.07, 6.45) is 1.86. The molecule has 8 heteroatoms. The minimum Gasteiger partial charge on any atom is -0.497 e. The third-order valence-corrected chi connectivity index (χ3v) is 6.46. The van der Waals surface area contributed by atoms with Gasteiger partial charge >= 0.3 is 0 Å². The molecule has 0 unspecified atom stereocenters. The highest BCUT2D eigenvalue weighted by atomic mass is 35.5. The maximum absolute atomic E-state index is 6.17. The molecule has 4 aromatic rings. The molecule has 1 N–H and O–H groups in total. The number of halogens is 1. The molecule has 0 amide bonds. The topological polar surface area (TPSA) is 62.8 Å². The summed E-state index contributed by atoms with van der Waals surface area (Å²) in [5.41, 5.74) is 5.10. The summed E-state index contributed by atoms with van der Waals surface area (Å²) in [5.74, 6) is 2.23.